The van der Waals surface area contributed by atoms with Crippen LogP contribution in [0.3, 0.4) is 0 Å². The summed E-state index contributed by atoms with van der Waals surface area (Å²) in [5, 5.41) is 12.3. The van der Waals surface area contributed by atoms with Crippen LogP contribution < -0.4 is 5.32 Å². The Bertz CT molecular complexity index is 230. The second-order valence-electron chi connectivity index (χ2n) is 4.92. The van der Waals surface area contributed by atoms with Gasteiger partial charge in [-0.05, 0) is 44.4 Å². The molecule has 1 saturated carbocycles. The molecule has 1 heterocycles. The summed E-state index contributed by atoms with van der Waals surface area (Å²) < 4.78 is 5.32. The van der Waals surface area contributed by atoms with Gasteiger partial charge in [-0.1, -0.05) is 0 Å². The largest absolute Gasteiger partial charge is 0.393 e. The molecule has 0 aromatic heterocycles. The second-order valence-corrected chi connectivity index (χ2v) is 4.92. The molecular weight excluding hydrogens is 206 g/mol. The lowest BCUT2D eigenvalue weighted by Crippen LogP contribution is -2.38. The Morgan fingerprint density at radius 1 is 1.25 bits per heavy atom. The number of hydrogen-bond donors (Lipinski definition) is 2. The molecule has 0 bridgehead atoms. The molecule has 92 valence electrons. The summed E-state index contributed by atoms with van der Waals surface area (Å²) in [6.07, 6.45) is 5.31. The number of aliphatic hydroxyl groups excluding tert-OH is 1. The molecule has 2 N–H and O–H groups in total. The Morgan fingerprint density at radius 2 is 2.00 bits per heavy atom. The molecular formula is C12H21NO3. The number of carbonyl (C=O) groups excluding carboxylic acids is 1. The lowest BCUT2D eigenvalue weighted by atomic mass is 9.87. The fraction of sp³-hybridized carbons (Fsp3) is 0.917. The fourth-order valence-corrected chi connectivity index (χ4v) is 2.49. The lowest BCUT2D eigenvalue weighted by Gasteiger charge is -2.25. The van der Waals surface area contributed by atoms with Crippen molar-refractivity contribution in [2.24, 2.45) is 5.92 Å². The highest BCUT2D eigenvalue weighted by Crippen LogP contribution is 2.23. The molecule has 16 heavy (non-hydrogen) atoms. The minimum atomic E-state index is -0.214. The van der Waals surface area contributed by atoms with Crippen molar-refractivity contribution in [1.82, 2.24) is 5.32 Å². The van der Waals surface area contributed by atoms with E-state index in [1.807, 2.05) is 0 Å². The van der Waals surface area contributed by atoms with Crippen LogP contribution in [0.1, 0.15) is 38.5 Å². The number of hydrogen-bond acceptors (Lipinski definition) is 3. The zero-order chi connectivity index (χ0) is 11.4. The SMILES string of the molecule is O=C(NCC1CCC(O)CC1)[C@H]1CCCO1. The summed E-state index contributed by atoms with van der Waals surface area (Å²) in [6.45, 7) is 1.46. The molecule has 1 amide bonds. The zero-order valence-electron chi connectivity index (χ0n) is 9.65. The van der Waals surface area contributed by atoms with Crippen molar-refractivity contribution in [3.05, 3.63) is 0 Å². The van der Waals surface area contributed by atoms with E-state index in [4.69, 9.17) is 4.74 Å². The van der Waals surface area contributed by atoms with Crippen LogP contribution in [0.2, 0.25) is 0 Å². The quantitative estimate of drug-likeness (QED) is 0.751. The van der Waals surface area contributed by atoms with Gasteiger partial charge in [0.2, 0.25) is 5.91 Å². The molecule has 1 saturated heterocycles. The number of carbonyl (C=O) groups is 1. The molecule has 0 unspecified atom stereocenters. The predicted molar refractivity (Wildman–Crippen MR) is 59.9 cm³/mol. The van der Waals surface area contributed by atoms with Crippen LogP contribution in [-0.2, 0) is 9.53 Å². The Labute approximate surface area is 96.4 Å². The lowest BCUT2D eigenvalue weighted by molar-refractivity contribution is -0.130. The van der Waals surface area contributed by atoms with Gasteiger partial charge in [-0.15, -0.1) is 0 Å². The number of nitrogens with one attached hydrogen (secondary N) is 1. The maximum atomic E-state index is 11.7. The third kappa shape index (κ3) is 3.19. The summed E-state index contributed by atoms with van der Waals surface area (Å²) in [4.78, 5) is 11.7. The van der Waals surface area contributed by atoms with Crippen LogP contribution in [0.5, 0.6) is 0 Å². The van der Waals surface area contributed by atoms with Crippen LogP contribution in [0, 0.1) is 5.92 Å². The Kier molecular flexibility index (Phi) is 4.18. The maximum absolute atomic E-state index is 11.7. The Hall–Kier alpha value is -0.610. The molecule has 0 spiro atoms. The van der Waals surface area contributed by atoms with Crippen molar-refractivity contribution in [2.45, 2.75) is 50.7 Å². The molecule has 1 atom stereocenters. The van der Waals surface area contributed by atoms with E-state index in [0.29, 0.717) is 12.5 Å². The van der Waals surface area contributed by atoms with Crippen molar-refractivity contribution < 1.29 is 14.6 Å². The molecule has 0 aromatic carbocycles. The second kappa shape index (κ2) is 5.64. The van der Waals surface area contributed by atoms with E-state index in [9.17, 15) is 9.90 Å². The van der Waals surface area contributed by atoms with E-state index < -0.39 is 0 Å². The number of amides is 1. The highest BCUT2D eigenvalue weighted by atomic mass is 16.5. The van der Waals surface area contributed by atoms with Gasteiger partial charge in [-0.3, -0.25) is 4.79 Å². The average Bonchev–Trinajstić information content (AvgIpc) is 2.81. The first kappa shape index (κ1) is 11.9. The Balaban J connectivity index is 1.65. The molecule has 2 rings (SSSR count). The van der Waals surface area contributed by atoms with Gasteiger partial charge < -0.3 is 15.2 Å². The molecule has 0 radical (unpaired) electrons. The molecule has 2 fully saturated rings. The smallest absolute Gasteiger partial charge is 0.249 e. The van der Waals surface area contributed by atoms with Gasteiger partial charge in [0.15, 0.2) is 0 Å². The van der Waals surface area contributed by atoms with Gasteiger partial charge in [0.25, 0.3) is 0 Å². The third-order valence-electron chi connectivity index (χ3n) is 3.60. The predicted octanol–water partition coefficient (Wildman–Crippen LogP) is 0.833. The Morgan fingerprint density at radius 3 is 2.62 bits per heavy atom. The van der Waals surface area contributed by atoms with Gasteiger partial charge in [-0.25, -0.2) is 0 Å². The molecule has 4 heteroatoms. The van der Waals surface area contributed by atoms with E-state index in [0.717, 1.165) is 45.1 Å². The van der Waals surface area contributed by atoms with E-state index in [-0.39, 0.29) is 18.1 Å². The molecule has 1 aliphatic heterocycles. The summed E-state index contributed by atoms with van der Waals surface area (Å²) >= 11 is 0. The van der Waals surface area contributed by atoms with Gasteiger partial charge in [0.05, 0.1) is 6.10 Å². The van der Waals surface area contributed by atoms with Crippen LogP contribution in [0.25, 0.3) is 0 Å². The summed E-state index contributed by atoms with van der Waals surface area (Å²) in [5.41, 5.74) is 0. The number of aliphatic hydroxyl groups is 1. The first-order chi connectivity index (χ1) is 7.75. The molecule has 0 aromatic rings. The van der Waals surface area contributed by atoms with Crippen molar-refractivity contribution >= 4 is 5.91 Å². The summed E-state index contributed by atoms with van der Waals surface area (Å²) in [6, 6.07) is 0. The first-order valence-electron chi connectivity index (χ1n) is 6.33. The monoisotopic (exact) mass is 227 g/mol. The first-order valence-corrected chi connectivity index (χ1v) is 6.33. The normalized spacial score (nSPS) is 34.9. The average molecular weight is 227 g/mol. The standard InChI is InChI=1S/C12H21NO3/c14-10-5-3-9(4-6-10)8-13-12(15)11-2-1-7-16-11/h9-11,14H,1-8H2,(H,13,15)/t9?,10?,11-/m1/s1. The third-order valence-corrected chi connectivity index (χ3v) is 3.60. The van der Waals surface area contributed by atoms with Gasteiger partial charge in [-0.2, -0.15) is 0 Å². The van der Waals surface area contributed by atoms with Crippen molar-refractivity contribution in [3.63, 3.8) is 0 Å². The van der Waals surface area contributed by atoms with Gasteiger partial charge in [0.1, 0.15) is 6.10 Å². The van der Waals surface area contributed by atoms with Gasteiger partial charge >= 0.3 is 0 Å². The van der Waals surface area contributed by atoms with Gasteiger partial charge in [0, 0.05) is 13.2 Å². The number of rotatable bonds is 3. The van der Waals surface area contributed by atoms with Crippen LogP contribution in [-0.4, -0.2) is 36.4 Å². The van der Waals surface area contributed by atoms with Crippen molar-refractivity contribution in [1.29, 1.82) is 0 Å². The highest BCUT2D eigenvalue weighted by Gasteiger charge is 2.25. The maximum Gasteiger partial charge on any atom is 0.249 e. The summed E-state index contributed by atoms with van der Waals surface area (Å²) in [7, 11) is 0. The zero-order valence-corrected chi connectivity index (χ0v) is 9.65. The topological polar surface area (TPSA) is 58.6 Å². The van der Waals surface area contributed by atoms with E-state index in [1.54, 1.807) is 0 Å². The van der Waals surface area contributed by atoms with E-state index in [2.05, 4.69) is 5.32 Å². The minimum Gasteiger partial charge on any atom is -0.393 e. The molecule has 2 aliphatic rings. The fourth-order valence-electron chi connectivity index (χ4n) is 2.49. The molecule has 4 nitrogen and oxygen atoms in total. The van der Waals surface area contributed by atoms with Crippen LogP contribution >= 0.6 is 0 Å². The van der Waals surface area contributed by atoms with Crippen molar-refractivity contribution in [3.8, 4) is 0 Å². The van der Waals surface area contributed by atoms with Crippen LogP contribution in [0.4, 0.5) is 0 Å². The van der Waals surface area contributed by atoms with E-state index >= 15 is 0 Å². The summed E-state index contributed by atoms with van der Waals surface area (Å²) in [5.74, 6) is 0.581. The van der Waals surface area contributed by atoms with Crippen LogP contribution in [0.15, 0.2) is 0 Å². The molecule has 1 aliphatic carbocycles. The highest BCUT2D eigenvalue weighted by molar-refractivity contribution is 5.80. The number of ether oxygens (including phenoxy) is 1. The van der Waals surface area contributed by atoms with E-state index in [1.165, 1.54) is 0 Å². The van der Waals surface area contributed by atoms with Crippen molar-refractivity contribution in [2.75, 3.05) is 13.2 Å². The minimum absolute atomic E-state index is 0.0450.